The van der Waals surface area contributed by atoms with E-state index in [1.54, 1.807) is 34.5 Å². The number of carbonyl (C=O) groups is 1. The second kappa shape index (κ2) is 8.76. The van der Waals surface area contributed by atoms with Crippen LogP contribution < -0.4 is 0 Å². The van der Waals surface area contributed by atoms with E-state index >= 15 is 0 Å². The van der Waals surface area contributed by atoms with E-state index in [1.807, 2.05) is 31.2 Å². The van der Waals surface area contributed by atoms with Crippen LogP contribution in [0.2, 0.25) is 0 Å². The minimum atomic E-state index is -3.60. The maximum atomic E-state index is 13.1. The number of nitrogens with zero attached hydrogens (tertiary/aromatic N) is 2. The van der Waals surface area contributed by atoms with Crippen LogP contribution in [0.3, 0.4) is 0 Å². The highest BCUT2D eigenvalue weighted by Crippen LogP contribution is 2.26. The molecule has 5 nitrogen and oxygen atoms in total. The molecule has 0 bridgehead atoms. The van der Waals surface area contributed by atoms with Crippen LogP contribution in [0.5, 0.6) is 0 Å². The normalized spacial score (nSPS) is 18.0. The molecule has 2 aromatic rings. The number of halogens is 1. The molecule has 1 saturated heterocycles. The van der Waals surface area contributed by atoms with Crippen molar-refractivity contribution in [3.8, 4) is 0 Å². The van der Waals surface area contributed by atoms with Crippen LogP contribution in [-0.2, 0) is 16.6 Å². The fraction of sp³-hybridized carbons (Fsp3) is 0.381. The zero-order valence-corrected chi connectivity index (χ0v) is 18.5. The Morgan fingerprint density at radius 1 is 1.18 bits per heavy atom. The van der Waals surface area contributed by atoms with Crippen LogP contribution >= 0.6 is 15.9 Å². The lowest BCUT2D eigenvalue weighted by molar-refractivity contribution is 0.0785. The average Bonchev–Trinajstić information content (AvgIpc) is 2.69. The topological polar surface area (TPSA) is 57.7 Å². The van der Waals surface area contributed by atoms with Crippen molar-refractivity contribution in [1.82, 2.24) is 9.21 Å². The quantitative estimate of drug-likeness (QED) is 0.662. The van der Waals surface area contributed by atoms with Crippen molar-refractivity contribution in [2.75, 3.05) is 13.6 Å². The lowest BCUT2D eigenvalue weighted by Crippen LogP contribution is -2.42. The highest BCUT2D eigenvalue weighted by Gasteiger charge is 2.31. The maximum Gasteiger partial charge on any atom is 0.253 e. The SMILES string of the molecule is CC1CCCCN1S(=O)(=O)c1cccc(C(=O)N(C)Cc2ccc(Br)cc2)c1. The monoisotopic (exact) mass is 464 g/mol. The Bertz CT molecular complexity index is 944. The fourth-order valence-electron chi connectivity index (χ4n) is 3.51. The van der Waals surface area contributed by atoms with E-state index in [4.69, 9.17) is 0 Å². The number of hydrogen-bond donors (Lipinski definition) is 0. The highest BCUT2D eigenvalue weighted by atomic mass is 79.9. The summed E-state index contributed by atoms with van der Waals surface area (Å²) in [4.78, 5) is 14.6. The Kier molecular flexibility index (Phi) is 6.58. The Hall–Kier alpha value is -1.70. The van der Waals surface area contributed by atoms with Crippen molar-refractivity contribution < 1.29 is 13.2 Å². The van der Waals surface area contributed by atoms with E-state index in [1.165, 1.54) is 6.07 Å². The lowest BCUT2D eigenvalue weighted by atomic mass is 10.1. The van der Waals surface area contributed by atoms with Gasteiger partial charge >= 0.3 is 0 Å². The zero-order chi connectivity index (χ0) is 20.3. The molecule has 0 spiro atoms. The molecular weight excluding hydrogens is 440 g/mol. The minimum absolute atomic E-state index is 0.0156. The van der Waals surface area contributed by atoms with E-state index in [9.17, 15) is 13.2 Å². The molecule has 1 aliphatic heterocycles. The molecule has 1 fully saturated rings. The van der Waals surface area contributed by atoms with Crippen LogP contribution in [0.15, 0.2) is 57.9 Å². The van der Waals surface area contributed by atoms with Crippen molar-refractivity contribution in [2.24, 2.45) is 0 Å². The van der Waals surface area contributed by atoms with Gasteiger partial charge in [0.25, 0.3) is 5.91 Å². The summed E-state index contributed by atoms with van der Waals surface area (Å²) in [7, 11) is -1.88. The van der Waals surface area contributed by atoms with Crippen molar-refractivity contribution in [1.29, 1.82) is 0 Å². The van der Waals surface area contributed by atoms with Gasteiger partial charge in [0.15, 0.2) is 0 Å². The van der Waals surface area contributed by atoms with Crippen molar-refractivity contribution in [3.63, 3.8) is 0 Å². The van der Waals surface area contributed by atoms with Crippen LogP contribution in [0.1, 0.15) is 42.1 Å². The number of benzene rings is 2. The molecule has 7 heteroatoms. The first kappa shape index (κ1) is 21.0. The number of piperidine rings is 1. The van der Waals surface area contributed by atoms with Crippen molar-refractivity contribution in [3.05, 3.63) is 64.1 Å². The third-order valence-corrected chi connectivity index (χ3v) is 7.65. The van der Waals surface area contributed by atoms with Gasteiger partial charge in [-0.25, -0.2) is 8.42 Å². The Balaban J connectivity index is 1.80. The minimum Gasteiger partial charge on any atom is -0.337 e. The smallest absolute Gasteiger partial charge is 0.253 e. The van der Waals surface area contributed by atoms with Crippen LogP contribution in [0.25, 0.3) is 0 Å². The second-order valence-electron chi connectivity index (χ2n) is 7.28. The number of sulfonamides is 1. The average molecular weight is 465 g/mol. The van der Waals surface area contributed by atoms with Gasteiger partial charge in [0.05, 0.1) is 4.90 Å². The van der Waals surface area contributed by atoms with Gasteiger partial charge in [-0.15, -0.1) is 0 Å². The van der Waals surface area contributed by atoms with Gasteiger partial charge < -0.3 is 4.90 Å². The number of carbonyl (C=O) groups excluding carboxylic acids is 1. The summed E-state index contributed by atoms with van der Waals surface area (Å²) < 4.78 is 28.7. The summed E-state index contributed by atoms with van der Waals surface area (Å²) in [6, 6.07) is 14.1. The molecule has 1 atom stereocenters. The largest absolute Gasteiger partial charge is 0.337 e. The molecule has 1 amide bonds. The van der Waals surface area contributed by atoms with Crippen LogP contribution in [-0.4, -0.2) is 43.2 Å². The summed E-state index contributed by atoms with van der Waals surface area (Å²) in [6.07, 6.45) is 2.79. The Morgan fingerprint density at radius 3 is 2.57 bits per heavy atom. The molecule has 28 heavy (non-hydrogen) atoms. The van der Waals surface area contributed by atoms with Crippen LogP contribution in [0.4, 0.5) is 0 Å². The second-order valence-corrected chi connectivity index (χ2v) is 10.1. The van der Waals surface area contributed by atoms with E-state index in [2.05, 4.69) is 15.9 Å². The van der Waals surface area contributed by atoms with Crippen LogP contribution in [0, 0.1) is 0 Å². The third-order valence-electron chi connectivity index (χ3n) is 5.11. The maximum absolute atomic E-state index is 13.1. The molecule has 2 aromatic carbocycles. The number of amides is 1. The number of hydrogen-bond acceptors (Lipinski definition) is 3. The first-order valence-electron chi connectivity index (χ1n) is 9.41. The molecule has 150 valence electrons. The van der Waals surface area contributed by atoms with Gasteiger partial charge in [-0.05, 0) is 55.7 Å². The molecule has 0 saturated carbocycles. The summed E-state index contributed by atoms with van der Waals surface area (Å²) in [5.41, 5.74) is 1.38. The summed E-state index contributed by atoms with van der Waals surface area (Å²) in [5.74, 6) is -0.202. The predicted octanol–water partition coefficient (Wildman–Crippen LogP) is 4.28. The third kappa shape index (κ3) is 4.64. The molecule has 0 radical (unpaired) electrons. The van der Waals surface area contributed by atoms with Gasteiger partial charge in [0, 0.05) is 36.2 Å². The lowest BCUT2D eigenvalue weighted by Gasteiger charge is -2.32. The molecule has 1 heterocycles. The molecule has 1 unspecified atom stereocenters. The van der Waals surface area contributed by atoms with Gasteiger partial charge in [-0.2, -0.15) is 4.31 Å². The van der Waals surface area contributed by atoms with Gasteiger partial charge in [0.1, 0.15) is 0 Å². The first-order valence-corrected chi connectivity index (χ1v) is 11.6. The van der Waals surface area contributed by atoms with E-state index in [-0.39, 0.29) is 16.8 Å². The summed E-state index contributed by atoms with van der Waals surface area (Å²) in [5, 5.41) is 0. The van der Waals surface area contributed by atoms with E-state index < -0.39 is 10.0 Å². The molecule has 1 aliphatic rings. The molecule has 3 rings (SSSR count). The Morgan fingerprint density at radius 2 is 1.89 bits per heavy atom. The number of rotatable bonds is 5. The molecule has 0 aliphatic carbocycles. The predicted molar refractivity (Wildman–Crippen MR) is 114 cm³/mol. The highest BCUT2D eigenvalue weighted by molar-refractivity contribution is 9.10. The molecular formula is C21H25BrN2O3S. The van der Waals surface area contributed by atoms with Crippen molar-refractivity contribution in [2.45, 2.75) is 43.7 Å². The first-order chi connectivity index (χ1) is 13.3. The molecule has 0 N–H and O–H groups in total. The van der Waals surface area contributed by atoms with Gasteiger partial charge in [-0.1, -0.05) is 40.5 Å². The molecule has 0 aromatic heterocycles. The van der Waals surface area contributed by atoms with Crippen molar-refractivity contribution >= 4 is 31.9 Å². The van der Waals surface area contributed by atoms with E-state index in [0.29, 0.717) is 18.7 Å². The summed E-state index contributed by atoms with van der Waals surface area (Å²) in [6.45, 7) is 2.93. The zero-order valence-electron chi connectivity index (χ0n) is 16.1. The fourth-order valence-corrected chi connectivity index (χ4v) is 5.52. The van der Waals surface area contributed by atoms with Gasteiger partial charge in [0.2, 0.25) is 10.0 Å². The summed E-state index contributed by atoms with van der Waals surface area (Å²) >= 11 is 3.40. The van der Waals surface area contributed by atoms with Gasteiger partial charge in [-0.3, -0.25) is 4.79 Å². The Labute approximate surface area is 175 Å². The standard InChI is InChI=1S/C21H25BrN2O3S/c1-16-6-3-4-13-24(16)28(26,27)20-8-5-7-18(14-20)21(25)23(2)15-17-9-11-19(22)12-10-17/h5,7-12,14,16H,3-4,6,13,15H2,1-2H3. The van der Waals surface area contributed by atoms with E-state index in [0.717, 1.165) is 29.3 Å².